The van der Waals surface area contributed by atoms with Crippen LogP contribution in [0.4, 0.5) is 5.69 Å². The lowest BCUT2D eigenvalue weighted by atomic mass is 10.0. The van der Waals surface area contributed by atoms with E-state index in [0.29, 0.717) is 0 Å². The van der Waals surface area contributed by atoms with Gasteiger partial charge in [0.15, 0.2) is 0 Å². The molecule has 1 heterocycles. The first-order chi connectivity index (χ1) is 11.6. The molecular formula is C20H22N2OS. The van der Waals surface area contributed by atoms with Gasteiger partial charge in [0, 0.05) is 17.2 Å². The second kappa shape index (κ2) is 7.14. The molecule has 0 spiro atoms. The van der Waals surface area contributed by atoms with Crippen LogP contribution in [-0.4, -0.2) is 10.9 Å². The van der Waals surface area contributed by atoms with Gasteiger partial charge >= 0.3 is 0 Å². The zero-order valence-electron chi connectivity index (χ0n) is 14.3. The zero-order chi connectivity index (χ0) is 17.1. The van der Waals surface area contributed by atoms with Crippen molar-refractivity contribution in [2.45, 2.75) is 33.6 Å². The van der Waals surface area contributed by atoms with E-state index in [-0.39, 0.29) is 11.8 Å². The maximum atomic E-state index is 12.2. The molecule has 4 heteroatoms. The molecule has 1 amide bonds. The summed E-state index contributed by atoms with van der Waals surface area (Å²) in [7, 11) is 0. The molecule has 0 aliphatic carbocycles. The van der Waals surface area contributed by atoms with Gasteiger partial charge in [-0.1, -0.05) is 19.9 Å². The van der Waals surface area contributed by atoms with Gasteiger partial charge in [-0.3, -0.25) is 4.79 Å². The lowest BCUT2D eigenvalue weighted by molar-refractivity contribution is -0.120. The Kier molecular flexibility index (Phi) is 4.95. The summed E-state index contributed by atoms with van der Waals surface area (Å²) in [5, 5.41) is 4.01. The Bertz CT molecular complexity index is 848. The molecule has 2 aromatic carbocycles. The predicted molar refractivity (Wildman–Crippen MR) is 102 cm³/mol. The van der Waals surface area contributed by atoms with Gasteiger partial charge in [0.25, 0.3) is 0 Å². The lowest BCUT2D eigenvalue weighted by Gasteiger charge is -2.12. The number of hydrogen-bond donors (Lipinski definition) is 1. The molecule has 0 bridgehead atoms. The summed E-state index contributed by atoms with van der Waals surface area (Å²) in [5.41, 5.74) is 4.20. The first kappa shape index (κ1) is 16.7. The Morgan fingerprint density at radius 3 is 2.50 bits per heavy atom. The van der Waals surface area contributed by atoms with Gasteiger partial charge < -0.3 is 5.32 Å². The van der Waals surface area contributed by atoms with Gasteiger partial charge in [0.1, 0.15) is 5.01 Å². The maximum absolute atomic E-state index is 12.2. The molecule has 0 saturated heterocycles. The van der Waals surface area contributed by atoms with Crippen LogP contribution in [0.3, 0.4) is 0 Å². The van der Waals surface area contributed by atoms with Gasteiger partial charge in [-0.05, 0) is 61.7 Å². The van der Waals surface area contributed by atoms with E-state index in [0.717, 1.165) is 34.6 Å². The summed E-state index contributed by atoms with van der Waals surface area (Å²) < 4.78 is 1.20. The number of nitrogens with one attached hydrogen (secondary N) is 1. The highest BCUT2D eigenvalue weighted by atomic mass is 32.1. The van der Waals surface area contributed by atoms with Crippen LogP contribution in [0.15, 0.2) is 42.5 Å². The normalized spacial score (nSPS) is 11.2. The van der Waals surface area contributed by atoms with Crippen LogP contribution in [0, 0.1) is 12.8 Å². The lowest BCUT2D eigenvalue weighted by Crippen LogP contribution is -2.21. The molecule has 0 aliphatic heterocycles. The molecule has 1 N–H and O–H groups in total. The van der Waals surface area contributed by atoms with E-state index in [2.05, 4.69) is 30.4 Å². The van der Waals surface area contributed by atoms with Gasteiger partial charge in [-0.15, -0.1) is 11.3 Å². The SMILES string of the molecule is CCC(CC)C(=O)Nc1ccc(-c2nc3ccc(C)cc3s2)cc1. The van der Waals surface area contributed by atoms with Crippen LogP contribution in [0.2, 0.25) is 0 Å². The maximum Gasteiger partial charge on any atom is 0.227 e. The Hall–Kier alpha value is -2.20. The molecule has 0 saturated carbocycles. The van der Waals surface area contributed by atoms with E-state index in [1.807, 2.05) is 38.1 Å². The van der Waals surface area contributed by atoms with Crippen molar-refractivity contribution in [1.82, 2.24) is 4.98 Å². The second-order valence-corrected chi connectivity index (χ2v) is 7.10. The van der Waals surface area contributed by atoms with Crippen LogP contribution in [-0.2, 0) is 4.79 Å². The minimum Gasteiger partial charge on any atom is -0.326 e. The molecule has 1 aromatic heterocycles. The quantitative estimate of drug-likeness (QED) is 0.653. The highest BCUT2D eigenvalue weighted by molar-refractivity contribution is 7.21. The number of amides is 1. The number of anilines is 1. The molecule has 0 radical (unpaired) electrons. The number of hydrogen-bond acceptors (Lipinski definition) is 3. The van der Waals surface area contributed by atoms with E-state index in [9.17, 15) is 4.79 Å². The molecule has 24 heavy (non-hydrogen) atoms. The Morgan fingerprint density at radius 1 is 1.12 bits per heavy atom. The summed E-state index contributed by atoms with van der Waals surface area (Å²) in [5.74, 6) is 0.181. The first-order valence-corrected chi connectivity index (χ1v) is 9.20. The number of aryl methyl sites for hydroxylation is 1. The van der Waals surface area contributed by atoms with Crippen molar-refractivity contribution in [1.29, 1.82) is 0 Å². The van der Waals surface area contributed by atoms with Crippen molar-refractivity contribution >= 4 is 33.1 Å². The molecule has 0 unspecified atom stereocenters. The third kappa shape index (κ3) is 3.49. The van der Waals surface area contributed by atoms with Gasteiger partial charge in [0.2, 0.25) is 5.91 Å². The number of rotatable bonds is 5. The van der Waals surface area contributed by atoms with E-state index in [4.69, 9.17) is 4.98 Å². The fourth-order valence-corrected chi connectivity index (χ4v) is 3.82. The zero-order valence-corrected chi connectivity index (χ0v) is 15.1. The number of carbonyl (C=O) groups is 1. The molecule has 0 aliphatic rings. The van der Waals surface area contributed by atoms with Crippen molar-refractivity contribution in [2.75, 3.05) is 5.32 Å². The van der Waals surface area contributed by atoms with Crippen molar-refractivity contribution in [3.05, 3.63) is 48.0 Å². The fraction of sp³-hybridized carbons (Fsp3) is 0.300. The molecule has 0 atom stereocenters. The summed E-state index contributed by atoms with van der Waals surface area (Å²) in [6.45, 7) is 6.19. The smallest absolute Gasteiger partial charge is 0.227 e. The number of benzene rings is 2. The predicted octanol–water partition coefficient (Wildman–Crippen LogP) is 5.65. The number of aromatic nitrogens is 1. The molecule has 3 rings (SSSR count). The number of carbonyl (C=O) groups excluding carboxylic acids is 1. The molecule has 3 nitrogen and oxygen atoms in total. The second-order valence-electron chi connectivity index (χ2n) is 6.07. The van der Waals surface area contributed by atoms with Crippen molar-refractivity contribution in [2.24, 2.45) is 5.92 Å². The van der Waals surface area contributed by atoms with Crippen LogP contribution >= 0.6 is 11.3 Å². The fourth-order valence-electron chi connectivity index (χ4n) is 2.76. The summed E-state index contributed by atoms with van der Waals surface area (Å²) >= 11 is 1.70. The average molecular weight is 338 g/mol. The largest absolute Gasteiger partial charge is 0.326 e. The minimum absolute atomic E-state index is 0.0807. The van der Waals surface area contributed by atoms with Crippen LogP contribution in [0.25, 0.3) is 20.8 Å². The van der Waals surface area contributed by atoms with E-state index < -0.39 is 0 Å². The average Bonchev–Trinajstić information content (AvgIpc) is 2.99. The summed E-state index contributed by atoms with van der Waals surface area (Å²) in [6.07, 6.45) is 1.73. The van der Waals surface area contributed by atoms with Crippen LogP contribution in [0.1, 0.15) is 32.3 Å². The first-order valence-electron chi connectivity index (χ1n) is 8.39. The molecule has 124 valence electrons. The van der Waals surface area contributed by atoms with Gasteiger partial charge in [-0.25, -0.2) is 4.98 Å². The van der Waals surface area contributed by atoms with Crippen molar-refractivity contribution in [3.63, 3.8) is 0 Å². The number of thiazole rings is 1. The number of nitrogens with zero attached hydrogens (tertiary/aromatic N) is 1. The highest BCUT2D eigenvalue weighted by Gasteiger charge is 2.14. The molecule has 3 aromatic rings. The minimum atomic E-state index is 0.0807. The summed E-state index contributed by atoms with van der Waals surface area (Å²) in [6, 6.07) is 14.3. The standard InChI is InChI=1S/C20H22N2OS/c1-4-14(5-2)19(23)21-16-9-7-15(8-10-16)20-22-17-11-6-13(3)12-18(17)24-20/h6-12,14H,4-5H2,1-3H3,(H,21,23). The monoisotopic (exact) mass is 338 g/mol. The van der Waals surface area contributed by atoms with E-state index in [1.165, 1.54) is 10.3 Å². The van der Waals surface area contributed by atoms with Gasteiger partial charge in [-0.2, -0.15) is 0 Å². The van der Waals surface area contributed by atoms with E-state index >= 15 is 0 Å². The van der Waals surface area contributed by atoms with Gasteiger partial charge in [0.05, 0.1) is 10.2 Å². The van der Waals surface area contributed by atoms with Crippen LogP contribution in [0.5, 0.6) is 0 Å². The Balaban J connectivity index is 1.79. The third-order valence-electron chi connectivity index (χ3n) is 4.30. The third-order valence-corrected chi connectivity index (χ3v) is 5.37. The molecular weight excluding hydrogens is 316 g/mol. The van der Waals surface area contributed by atoms with Crippen molar-refractivity contribution < 1.29 is 4.79 Å². The van der Waals surface area contributed by atoms with Crippen molar-refractivity contribution in [3.8, 4) is 10.6 Å². The molecule has 0 fully saturated rings. The Morgan fingerprint density at radius 2 is 1.83 bits per heavy atom. The number of fused-ring (bicyclic) bond motifs is 1. The summed E-state index contributed by atoms with van der Waals surface area (Å²) in [4.78, 5) is 16.9. The highest BCUT2D eigenvalue weighted by Crippen LogP contribution is 2.31. The van der Waals surface area contributed by atoms with Crippen LogP contribution < -0.4 is 5.32 Å². The topological polar surface area (TPSA) is 42.0 Å². The Labute approximate surface area is 146 Å². The van der Waals surface area contributed by atoms with E-state index in [1.54, 1.807) is 11.3 Å².